The van der Waals surface area contributed by atoms with Crippen LogP contribution < -0.4 is 5.32 Å². The topological polar surface area (TPSA) is 49.3 Å². The normalized spacial score (nSPS) is 15.1. The highest BCUT2D eigenvalue weighted by atomic mass is 16.3. The second-order valence-corrected chi connectivity index (χ2v) is 5.82. The predicted molar refractivity (Wildman–Crippen MR) is 57.9 cm³/mol. The molecular weight excluding hydrogens is 178 g/mol. The highest BCUT2D eigenvalue weighted by Crippen LogP contribution is 2.21. The van der Waals surface area contributed by atoms with Crippen LogP contribution in [0, 0.1) is 10.8 Å². The van der Waals surface area contributed by atoms with Crippen molar-refractivity contribution in [3.63, 3.8) is 0 Å². The molecule has 0 bridgehead atoms. The summed E-state index contributed by atoms with van der Waals surface area (Å²) in [5.74, 6) is -0.0218. The molecule has 0 spiro atoms. The van der Waals surface area contributed by atoms with Crippen LogP contribution >= 0.6 is 0 Å². The molecule has 14 heavy (non-hydrogen) atoms. The lowest BCUT2D eigenvalue weighted by Crippen LogP contribution is -2.49. The summed E-state index contributed by atoms with van der Waals surface area (Å²) in [6, 6.07) is -0.186. The van der Waals surface area contributed by atoms with Crippen molar-refractivity contribution >= 4 is 5.91 Å². The maximum atomic E-state index is 11.7. The van der Waals surface area contributed by atoms with E-state index in [0.717, 1.165) is 0 Å². The predicted octanol–water partition coefficient (Wildman–Crippen LogP) is 1.56. The van der Waals surface area contributed by atoms with Gasteiger partial charge in [-0.05, 0) is 5.41 Å². The Hall–Kier alpha value is -0.570. The van der Waals surface area contributed by atoms with E-state index in [1.165, 1.54) is 0 Å². The molecule has 0 aliphatic rings. The van der Waals surface area contributed by atoms with Crippen LogP contribution in [0.2, 0.25) is 0 Å². The van der Waals surface area contributed by atoms with Crippen molar-refractivity contribution in [3.8, 4) is 0 Å². The average molecular weight is 201 g/mol. The average Bonchev–Trinajstić information content (AvgIpc) is 1.95. The Morgan fingerprint density at radius 3 is 1.86 bits per heavy atom. The quantitative estimate of drug-likeness (QED) is 0.712. The number of carbonyl (C=O) groups is 1. The maximum Gasteiger partial charge on any atom is 0.225 e. The van der Waals surface area contributed by atoms with Gasteiger partial charge in [-0.15, -0.1) is 0 Å². The SMILES string of the molecule is CC(C)(C)C(=O)N[C@@H](CO)C(C)(C)C. The number of rotatable bonds is 2. The summed E-state index contributed by atoms with van der Waals surface area (Å²) in [4.78, 5) is 11.7. The van der Waals surface area contributed by atoms with Gasteiger partial charge in [0.05, 0.1) is 12.6 Å². The lowest BCUT2D eigenvalue weighted by Gasteiger charge is -2.32. The smallest absolute Gasteiger partial charge is 0.225 e. The van der Waals surface area contributed by atoms with E-state index in [0.29, 0.717) is 0 Å². The lowest BCUT2D eigenvalue weighted by molar-refractivity contribution is -0.130. The molecule has 0 aromatic carbocycles. The second kappa shape index (κ2) is 4.30. The van der Waals surface area contributed by atoms with Crippen LogP contribution in [0.4, 0.5) is 0 Å². The Kier molecular flexibility index (Phi) is 4.13. The van der Waals surface area contributed by atoms with E-state index in [4.69, 9.17) is 5.11 Å². The van der Waals surface area contributed by atoms with Gasteiger partial charge in [0.15, 0.2) is 0 Å². The van der Waals surface area contributed by atoms with Gasteiger partial charge in [0, 0.05) is 5.41 Å². The molecule has 84 valence electrons. The standard InChI is InChI=1S/C11H23NO2/c1-10(2,3)8(7-13)12-9(14)11(4,5)6/h8,13H,7H2,1-6H3,(H,12,14)/t8-/m0/s1. The van der Waals surface area contributed by atoms with Crippen molar-refractivity contribution in [2.45, 2.75) is 47.6 Å². The lowest BCUT2D eigenvalue weighted by atomic mass is 9.86. The first-order valence-corrected chi connectivity index (χ1v) is 5.01. The van der Waals surface area contributed by atoms with Crippen molar-refractivity contribution in [2.75, 3.05) is 6.61 Å². The monoisotopic (exact) mass is 201 g/mol. The Morgan fingerprint density at radius 2 is 1.64 bits per heavy atom. The van der Waals surface area contributed by atoms with E-state index in [1.54, 1.807) is 0 Å². The van der Waals surface area contributed by atoms with Crippen molar-refractivity contribution in [2.24, 2.45) is 10.8 Å². The molecule has 0 unspecified atom stereocenters. The number of carbonyl (C=O) groups excluding carboxylic acids is 1. The molecule has 0 fully saturated rings. The van der Waals surface area contributed by atoms with Gasteiger partial charge in [-0.1, -0.05) is 41.5 Å². The highest BCUT2D eigenvalue weighted by molar-refractivity contribution is 5.81. The molecule has 0 saturated carbocycles. The van der Waals surface area contributed by atoms with Gasteiger partial charge >= 0.3 is 0 Å². The zero-order valence-electron chi connectivity index (χ0n) is 10.1. The molecule has 0 saturated heterocycles. The second-order valence-electron chi connectivity index (χ2n) is 5.82. The fraction of sp³-hybridized carbons (Fsp3) is 0.909. The van der Waals surface area contributed by atoms with Crippen LogP contribution in [0.1, 0.15) is 41.5 Å². The summed E-state index contributed by atoms with van der Waals surface area (Å²) in [5, 5.41) is 12.0. The largest absolute Gasteiger partial charge is 0.394 e. The zero-order valence-corrected chi connectivity index (χ0v) is 10.1. The molecule has 0 heterocycles. The van der Waals surface area contributed by atoms with E-state index in [2.05, 4.69) is 5.32 Å². The first-order valence-electron chi connectivity index (χ1n) is 5.01. The van der Waals surface area contributed by atoms with Crippen LogP contribution in [-0.2, 0) is 4.79 Å². The fourth-order valence-electron chi connectivity index (χ4n) is 0.911. The van der Waals surface area contributed by atoms with Gasteiger partial charge in [0.1, 0.15) is 0 Å². The Bertz CT molecular complexity index is 198. The fourth-order valence-corrected chi connectivity index (χ4v) is 0.911. The minimum Gasteiger partial charge on any atom is -0.394 e. The van der Waals surface area contributed by atoms with Crippen LogP contribution in [-0.4, -0.2) is 23.7 Å². The Morgan fingerprint density at radius 1 is 1.21 bits per heavy atom. The van der Waals surface area contributed by atoms with Gasteiger partial charge in [-0.2, -0.15) is 0 Å². The zero-order chi connectivity index (χ0) is 11.6. The van der Waals surface area contributed by atoms with Crippen LogP contribution in [0.5, 0.6) is 0 Å². The van der Waals surface area contributed by atoms with Crippen molar-refractivity contribution in [1.29, 1.82) is 0 Å². The Balaban J connectivity index is 4.43. The van der Waals surface area contributed by atoms with Crippen LogP contribution in [0.25, 0.3) is 0 Å². The molecule has 0 aromatic rings. The molecule has 1 amide bonds. The van der Waals surface area contributed by atoms with Gasteiger partial charge < -0.3 is 10.4 Å². The number of amides is 1. The molecule has 1 atom stereocenters. The van der Waals surface area contributed by atoms with E-state index in [-0.39, 0.29) is 24.0 Å². The van der Waals surface area contributed by atoms with E-state index >= 15 is 0 Å². The molecule has 3 heteroatoms. The van der Waals surface area contributed by atoms with E-state index in [1.807, 2.05) is 41.5 Å². The minimum atomic E-state index is -0.404. The van der Waals surface area contributed by atoms with Gasteiger partial charge in [-0.25, -0.2) is 0 Å². The molecule has 0 rings (SSSR count). The molecule has 0 aromatic heterocycles. The third kappa shape index (κ3) is 4.09. The van der Waals surface area contributed by atoms with Gasteiger partial charge in [-0.3, -0.25) is 4.79 Å². The molecular formula is C11H23NO2. The van der Waals surface area contributed by atoms with Crippen molar-refractivity contribution in [1.82, 2.24) is 5.32 Å². The van der Waals surface area contributed by atoms with Crippen molar-refractivity contribution < 1.29 is 9.90 Å². The third-order valence-corrected chi connectivity index (χ3v) is 2.21. The van der Waals surface area contributed by atoms with Crippen LogP contribution in [0.3, 0.4) is 0 Å². The minimum absolute atomic E-state index is 0.0218. The van der Waals surface area contributed by atoms with Gasteiger partial charge in [0.2, 0.25) is 5.91 Å². The summed E-state index contributed by atoms with van der Waals surface area (Å²) in [5.41, 5.74) is -0.520. The number of nitrogens with one attached hydrogen (secondary N) is 1. The summed E-state index contributed by atoms with van der Waals surface area (Å²) < 4.78 is 0. The molecule has 0 radical (unpaired) electrons. The number of hydrogen-bond donors (Lipinski definition) is 2. The Labute approximate surface area is 86.9 Å². The molecule has 0 aliphatic carbocycles. The van der Waals surface area contributed by atoms with E-state index in [9.17, 15) is 4.79 Å². The maximum absolute atomic E-state index is 11.7. The first kappa shape index (κ1) is 13.4. The number of hydrogen-bond acceptors (Lipinski definition) is 2. The third-order valence-electron chi connectivity index (χ3n) is 2.21. The number of aliphatic hydroxyl groups is 1. The van der Waals surface area contributed by atoms with Gasteiger partial charge in [0.25, 0.3) is 0 Å². The first-order chi connectivity index (χ1) is 6.09. The van der Waals surface area contributed by atoms with E-state index < -0.39 is 5.41 Å². The number of aliphatic hydroxyl groups excluding tert-OH is 1. The summed E-state index contributed by atoms with van der Waals surface area (Å²) in [7, 11) is 0. The summed E-state index contributed by atoms with van der Waals surface area (Å²) in [6.45, 7) is 11.5. The molecule has 3 nitrogen and oxygen atoms in total. The molecule has 0 aliphatic heterocycles. The van der Waals surface area contributed by atoms with Crippen LogP contribution in [0.15, 0.2) is 0 Å². The summed E-state index contributed by atoms with van der Waals surface area (Å²) in [6.07, 6.45) is 0. The summed E-state index contributed by atoms with van der Waals surface area (Å²) >= 11 is 0. The molecule has 2 N–H and O–H groups in total. The highest BCUT2D eigenvalue weighted by Gasteiger charge is 2.29. The van der Waals surface area contributed by atoms with Crippen molar-refractivity contribution in [3.05, 3.63) is 0 Å².